The highest BCUT2D eigenvalue weighted by molar-refractivity contribution is 5.67. The minimum Gasteiger partial charge on any atom is -0.392 e. The Bertz CT molecular complexity index is 559. The summed E-state index contributed by atoms with van der Waals surface area (Å²) in [6.45, 7) is 3.61. The van der Waals surface area contributed by atoms with Crippen molar-refractivity contribution in [2.75, 3.05) is 31.2 Å². The lowest BCUT2D eigenvalue weighted by atomic mass is 10.0. The molecule has 0 aliphatic carbocycles. The van der Waals surface area contributed by atoms with Crippen LogP contribution in [0.15, 0.2) is 48.5 Å². The number of anilines is 1. The van der Waals surface area contributed by atoms with Gasteiger partial charge in [0.05, 0.1) is 19.8 Å². The van der Waals surface area contributed by atoms with E-state index in [1.54, 1.807) is 0 Å². The third-order valence-corrected chi connectivity index (χ3v) is 3.69. The first-order valence-electron chi connectivity index (χ1n) is 7.00. The smallest absolute Gasteiger partial charge is 0.0682 e. The topological polar surface area (TPSA) is 32.7 Å². The molecule has 1 fully saturated rings. The van der Waals surface area contributed by atoms with Gasteiger partial charge in [-0.05, 0) is 34.9 Å². The van der Waals surface area contributed by atoms with Crippen LogP contribution in [-0.2, 0) is 11.3 Å². The van der Waals surface area contributed by atoms with Gasteiger partial charge in [0, 0.05) is 18.8 Å². The quantitative estimate of drug-likeness (QED) is 0.930. The molecular formula is C17H19NO2. The Labute approximate surface area is 119 Å². The fourth-order valence-electron chi connectivity index (χ4n) is 2.54. The van der Waals surface area contributed by atoms with Crippen LogP contribution in [0.5, 0.6) is 0 Å². The average Bonchev–Trinajstić information content (AvgIpc) is 2.56. The maximum absolute atomic E-state index is 9.20. The summed E-state index contributed by atoms with van der Waals surface area (Å²) in [5.74, 6) is 0. The summed E-state index contributed by atoms with van der Waals surface area (Å²) in [5.41, 5.74) is 4.51. The van der Waals surface area contributed by atoms with Gasteiger partial charge in [0.15, 0.2) is 0 Å². The number of hydrogen-bond acceptors (Lipinski definition) is 3. The molecule has 1 N–H and O–H groups in total. The molecule has 0 spiro atoms. The molecule has 1 saturated heterocycles. The minimum atomic E-state index is 0.0830. The zero-order chi connectivity index (χ0) is 13.8. The summed E-state index contributed by atoms with van der Waals surface area (Å²) in [7, 11) is 0. The van der Waals surface area contributed by atoms with Crippen molar-refractivity contribution in [2.24, 2.45) is 0 Å². The third-order valence-electron chi connectivity index (χ3n) is 3.69. The molecule has 3 rings (SSSR count). The molecule has 2 aromatic carbocycles. The van der Waals surface area contributed by atoms with Crippen molar-refractivity contribution in [2.45, 2.75) is 6.61 Å². The molecule has 0 saturated carbocycles. The zero-order valence-electron chi connectivity index (χ0n) is 11.5. The van der Waals surface area contributed by atoms with E-state index in [1.165, 1.54) is 11.3 Å². The Morgan fingerprint density at radius 2 is 1.70 bits per heavy atom. The highest BCUT2D eigenvalue weighted by Crippen LogP contribution is 2.24. The van der Waals surface area contributed by atoms with E-state index in [0.29, 0.717) is 0 Å². The fourth-order valence-corrected chi connectivity index (χ4v) is 2.54. The van der Waals surface area contributed by atoms with Gasteiger partial charge in [-0.2, -0.15) is 0 Å². The first-order valence-corrected chi connectivity index (χ1v) is 7.00. The second kappa shape index (κ2) is 6.07. The van der Waals surface area contributed by atoms with Gasteiger partial charge in [0.25, 0.3) is 0 Å². The maximum Gasteiger partial charge on any atom is 0.0682 e. The molecule has 1 heterocycles. The van der Waals surface area contributed by atoms with Crippen LogP contribution in [0.2, 0.25) is 0 Å². The molecule has 1 aliphatic heterocycles. The first-order chi connectivity index (χ1) is 9.86. The number of nitrogens with zero attached hydrogens (tertiary/aromatic N) is 1. The Morgan fingerprint density at radius 1 is 0.950 bits per heavy atom. The Hall–Kier alpha value is -1.84. The van der Waals surface area contributed by atoms with Crippen LogP contribution in [0.25, 0.3) is 11.1 Å². The van der Waals surface area contributed by atoms with Crippen molar-refractivity contribution in [3.05, 3.63) is 54.1 Å². The van der Waals surface area contributed by atoms with Gasteiger partial charge < -0.3 is 14.7 Å². The minimum absolute atomic E-state index is 0.0830. The highest BCUT2D eigenvalue weighted by Gasteiger charge is 2.10. The number of benzene rings is 2. The van der Waals surface area contributed by atoms with E-state index in [4.69, 9.17) is 4.74 Å². The van der Waals surface area contributed by atoms with Crippen molar-refractivity contribution in [3.8, 4) is 11.1 Å². The standard InChI is InChI=1S/C17H19NO2/c19-13-14-2-1-3-16(12-14)15-4-6-17(7-5-15)18-8-10-20-11-9-18/h1-7,12,19H,8-11,13H2. The summed E-state index contributed by atoms with van der Waals surface area (Å²) in [6, 6.07) is 16.6. The van der Waals surface area contributed by atoms with E-state index in [2.05, 4.69) is 35.2 Å². The number of hydrogen-bond donors (Lipinski definition) is 1. The molecule has 3 heteroatoms. The predicted octanol–water partition coefficient (Wildman–Crippen LogP) is 2.68. The van der Waals surface area contributed by atoms with Crippen LogP contribution < -0.4 is 4.90 Å². The van der Waals surface area contributed by atoms with E-state index < -0.39 is 0 Å². The Morgan fingerprint density at radius 3 is 2.40 bits per heavy atom. The summed E-state index contributed by atoms with van der Waals surface area (Å²) in [6.07, 6.45) is 0. The molecule has 2 aromatic rings. The van der Waals surface area contributed by atoms with Gasteiger partial charge in [-0.15, -0.1) is 0 Å². The van der Waals surface area contributed by atoms with Crippen LogP contribution in [-0.4, -0.2) is 31.4 Å². The lowest BCUT2D eigenvalue weighted by Gasteiger charge is -2.28. The van der Waals surface area contributed by atoms with Gasteiger partial charge >= 0.3 is 0 Å². The van der Waals surface area contributed by atoms with Crippen LogP contribution in [0.3, 0.4) is 0 Å². The second-order valence-corrected chi connectivity index (χ2v) is 5.00. The summed E-state index contributed by atoms with van der Waals surface area (Å²) in [4.78, 5) is 2.34. The zero-order valence-corrected chi connectivity index (χ0v) is 11.5. The van der Waals surface area contributed by atoms with Gasteiger partial charge in [0.1, 0.15) is 0 Å². The average molecular weight is 269 g/mol. The lowest BCUT2D eigenvalue weighted by Crippen LogP contribution is -2.36. The Balaban J connectivity index is 1.81. The van der Waals surface area contributed by atoms with E-state index in [1.807, 2.05) is 18.2 Å². The second-order valence-electron chi connectivity index (χ2n) is 5.00. The summed E-state index contributed by atoms with van der Waals surface area (Å²) >= 11 is 0. The van der Waals surface area contributed by atoms with Crippen molar-refractivity contribution < 1.29 is 9.84 Å². The van der Waals surface area contributed by atoms with E-state index >= 15 is 0 Å². The van der Waals surface area contributed by atoms with Crippen molar-refractivity contribution in [1.29, 1.82) is 0 Å². The molecule has 104 valence electrons. The van der Waals surface area contributed by atoms with Gasteiger partial charge in [0.2, 0.25) is 0 Å². The molecule has 1 aliphatic rings. The first kappa shape index (κ1) is 13.2. The summed E-state index contributed by atoms with van der Waals surface area (Å²) in [5, 5.41) is 9.20. The lowest BCUT2D eigenvalue weighted by molar-refractivity contribution is 0.122. The number of ether oxygens (including phenoxy) is 1. The highest BCUT2D eigenvalue weighted by atomic mass is 16.5. The largest absolute Gasteiger partial charge is 0.392 e. The molecule has 3 nitrogen and oxygen atoms in total. The van der Waals surface area contributed by atoms with E-state index in [9.17, 15) is 5.11 Å². The van der Waals surface area contributed by atoms with E-state index in [-0.39, 0.29) is 6.61 Å². The SMILES string of the molecule is OCc1cccc(-c2ccc(N3CCOCC3)cc2)c1. The van der Waals surface area contributed by atoms with Crippen molar-refractivity contribution >= 4 is 5.69 Å². The molecular weight excluding hydrogens is 250 g/mol. The van der Waals surface area contributed by atoms with Crippen LogP contribution in [0.4, 0.5) is 5.69 Å². The monoisotopic (exact) mass is 269 g/mol. The van der Waals surface area contributed by atoms with E-state index in [0.717, 1.165) is 37.4 Å². The van der Waals surface area contributed by atoms with Crippen molar-refractivity contribution in [3.63, 3.8) is 0 Å². The van der Waals surface area contributed by atoms with Crippen molar-refractivity contribution in [1.82, 2.24) is 0 Å². The number of aliphatic hydroxyl groups is 1. The van der Waals surface area contributed by atoms with Gasteiger partial charge in [-0.1, -0.05) is 30.3 Å². The molecule has 20 heavy (non-hydrogen) atoms. The van der Waals surface area contributed by atoms with Crippen LogP contribution in [0.1, 0.15) is 5.56 Å². The molecule has 0 bridgehead atoms. The number of aliphatic hydroxyl groups excluding tert-OH is 1. The molecule has 0 aromatic heterocycles. The summed E-state index contributed by atoms with van der Waals surface area (Å²) < 4.78 is 5.37. The predicted molar refractivity (Wildman–Crippen MR) is 80.8 cm³/mol. The fraction of sp³-hybridized carbons (Fsp3) is 0.294. The van der Waals surface area contributed by atoms with Crippen LogP contribution >= 0.6 is 0 Å². The number of rotatable bonds is 3. The van der Waals surface area contributed by atoms with Gasteiger partial charge in [-0.25, -0.2) is 0 Å². The third kappa shape index (κ3) is 2.84. The normalized spacial score (nSPS) is 15.3. The Kier molecular flexibility index (Phi) is 4.00. The molecule has 0 unspecified atom stereocenters. The maximum atomic E-state index is 9.20. The molecule has 0 amide bonds. The molecule has 0 atom stereocenters. The number of morpholine rings is 1. The van der Waals surface area contributed by atoms with Gasteiger partial charge in [-0.3, -0.25) is 0 Å². The molecule has 0 radical (unpaired) electrons. The van der Waals surface area contributed by atoms with Crippen LogP contribution in [0, 0.1) is 0 Å².